The van der Waals surface area contributed by atoms with Crippen LogP contribution in [0.3, 0.4) is 0 Å². The van der Waals surface area contributed by atoms with Crippen molar-refractivity contribution in [3.8, 4) is 0 Å². The van der Waals surface area contributed by atoms with Crippen LogP contribution in [-0.2, 0) is 10.4 Å². The molecule has 32 heavy (non-hydrogen) atoms. The van der Waals surface area contributed by atoms with Crippen LogP contribution in [0.15, 0.2) is 28.8 Å². The Hall–Kier alpha value is -1.04. The summed E-state index contributed by atoms with van der Waals surface area (Å²) in [6, 6.07) is 3.62. The molecule has 1 aromatic carbocycles. The summed E-state index contributed by atoms with van der Waals surface area (Å²) in [5.74, 6) is -1.86. The molecule has 1 aliphatic rings. The summed E-state index contributed by atoms with van der Waals surface area (Å²) in [5.41, 5.74) is -0.294. The number of hydrogen-bond donors (Lipinski definition) is 3. The lowest BCUT2D eigenvalue weighted by atomic mass is 9.79. The van der Waals surface area contributed by atoms with Crippen LogP contribution < -0.4 is 5.32 Å². The van der Waals surface area contributed by atoms with Crippen LogP contribution in [0.5, 0.6) is 0 Å². The van der Waals surface area contributed by atoms with Gasteiger partial charge in [0.15, 0.2) is 0 Å². The molecule has 6 heteroatoms. The van der Waals surface area contributed by atoms with E-state index in [2.05, 4.69) is 40.3 Å². The standard InChI is InChI=1S/C26H39BrClNO3/c1-2-3-4-5-6-7-8-9-10-11-12-13-14-15-16-20(25(30)31)26(32)19-29-22-18-17-21(27)24(28)23(22)26/h9-10,17-18,20,29,32H,2-8,11-16,19H2,1H3,(H,30,31). The topological polar surface area (TPSA) is 69.6 Å². The van der Waals surface area contributed by atoms with Gasteiger partial charge in [-0.25, -0.2) is 0 Å². The molecule has 2 atom stereocenters. The number of halogens is 2. The van der Waals surface area contributed by atoms with Gasteiger partial charge in [0, 0.05) is 22.3 Å². The smallest absolute Gasteiger partial charge is 0.309 e. The average Bonchev–Trinajstić information content (AvgIpc) is 3.11. The molecule has 1 aromatic rings. The molecule has 3 N–H and O–H groups in total. The summed E-state index contributed by atoms with van der Waals surface area (Å²) < 4.78 is 0.661. The number of unbranched alkanes of at least 4 members (excludes halogenated alkanes) is 10. The Morgan fingerprint density at radius 1 is 1.09 bits per heavy atom. The Balaban J connectivity index is 1.69. The molecule has 0 saturated carbocycles. The Morgan fingerprint density at radius 2 is 1.69 bits per heavy atom. The van der Waals surface area contributed by atoms with Crippen molar-refractivity contribution < 1.29 is 15.0 Å². The van der Waals surface area contributed by atoms with Crippen molar-refractivity contribution in [2.75, 3.05) is 11.9 Å². The molecule has 2 rings (SSSR count). The van der Waals surface area contributed by atoms with Gasteiger partial charge in [0.1, 0.15) is 5.60 Å². The number of carboxylic acid groups (broad SMARTS) is 1. The Kier molecular flexibility index (Phi) is 12.1. The van der Waals surface area contributed by atoms with Crippen molar-refractivity contribution >= 4 is 39.2 Å². The quantitative estimate of drug-likeness (QED) is 0.150. The van der Waals surface area contributed by atoms with Gasteiger partial charge in [-0.3, -0.25) is 4.79 Å². The highest BCUT2D eigenvalue weighted by Gasteiger charge is 2.48. The number of β-amino-alcohol motifs (C(OH)–C–C–N with tert-alkyl or cyclic N) is 1. The molecule has 0 bridgehead atoms. The maximum atomic E-state index is 12.0. The van der Waals surface area contributed by atoms with Gasteiger partial charge < -0.3 is 15.5 Å². The number of rotatable bonds is 16. The molecule has 0 aromatic heterocycles. The predicted octanol–water partition coefficient (Wildman–Crippen LogP) is 8.06. The number of nitrogens with one attached hydrogen (secondary N) is 1. The number of carbonyl (C=O) groups is 1. The zero-order chi connectivity index (χ0) is 23.4. The Morgan fingerprint density at radius 3 is 2.31 bits per heavy atom. The van der Waals surface area contributed by atoms with E-state index in [0.29, 0.717) is 27.2 Å². The normalized spacial score (nSPS) is 18.6. The van der Waals surface area contributed by atoms with Crippen molar-refractivity contribution in [3.05, 3.63) is 39.3 Å². The second-order valence-electron chi connectivity index (χ2n) is 8.97. The summed E-state index contributed by atoms with van der Waals surface area (Å²) in [6.45, 7) is 2.41. The number of hydrogen-bond acceptors (Lipinski definition) is 3. The first-order chi connectivity index (χ1) is 15.4. The van der Waals surface area contributed by atoms with E-state index in [1.807, 2.05) is 6.07 Å². The second-order valence-corrected chi connectivity index (χ2v) is 10.2. The number of fused-ring (bicyclic) bond motifs is 1. The lowest BCUT2D eigenvalue weighted by Crippen LogP contribution is -2.41. The van der Waals surface area contributed by atoms with Crippen molar-refractivity contribution in [3.63, 3.8) is 0 Å². The number of allylic oxidation sites excluding steroid dienone is 2. The van der Waals surface area contributed by atoms with Crippen LogP contribution in [0.2, 0.25) is 5.02 Å². The van der Waals surface area contributed by atoms with E-state index >= 15 is 0 Å². The fourth-order valence-electron chi connectivity index (χ4n) is 4.55. The number of benzene rings is 1. The molecule has 0 amide bonds. The van der Waals surface area contributed by atoms with E-state index < -0.39 is 17.5 Å². The number of carboxylic acids is 1. The number of aliphatic hydroxyl groups is 1. The fourth-order valence-corrected chi connectivity index (χ4v) is 5.20. The monoisotopic (exact) mass is 527 g/mol. The van der Waals surface area contributed by atoms with Gasteiger partial charge in [0.05, 0.1) is 10.9 Å². The van der Waals surface area contributed by atoms with Crippen LogP contribution >= 0.6 is 27.5 Å². The first kappa shape index (κ1) is 27.2. The summed E-state index contributed by atoms with van der Waals surface area (Å²) in [6.07, 6.45) is 19.3. The zero-order valence-electron chi connectivity index (χ0n) is 19.3. The van der Waals surface area contributed by atoms with E-state index in [4.69, 9.17) is 11.6 Å². The van der Waals surface area contributed by atoms with E-state index in [-0.39, 0.29) is 6.54 Å². The zero-order valence-corrected chi connectivity index (χ0v) is 21.7. The highest BCUT2D eigenvalue weighted by Crippen LogP contribution is 2.47. The van der Waals surface area contributed by atoms with Gasteiger partial charge in [0.25, 0.3) is 0 Å². The molecule has 0 radical (unpaired) electrons. The van der Waals surface area contributed by atoms with Crippen LogP contribution in [0.25, 0.3) is 0 Å². The van der Waals surface area contributed by atoms with Gasteiger partial charge in [-0.15, -0.1) is 0 Å². The minimum Gasteiger partial charge on any atom is -0.481 e. The minimum atomic E-state index is -1.50. The first-order valence-electron chi connectivity index (χ1n) is 12.2. The van der Waals surface area contributed by atoms with Crippen LogP contribution in [0.1, 0.15) is 96.0 Å². The van der Waals surface area contributed by atoms with Gasteiger partial charge >= 0.3 is 5.97 Å². The molecule has 0 spiro atoms. The van der Waals surface area contributed by atoms with Crippen molar-refractivity contribution in [2.45, 2.75) is 96.0 Å². The van der Waals surface area contributed by atoms with Crippen molar-refractivity contribution in [1.29, 1.82) is 0 Å². The maximum Gasteiger partial charge on any atom is 0.309 e. The lowest BCUT2D eigenvalue weighted by Gasteiger charge is -2.30. The summed E-state index contributed by atoms with van der Waals surface area (Å²) >= 11 is 9.80. The molecule has 4 nitrogen and oxygen atoms in total. The predicted molar refractivity (Wildman–Crippen MR) is 137 cm³/mol. The van der Waals surface area contributed by atoms with E-state index in [1.54, 1.807) is 6.07 Å². The largest absolute Gasteiger partial charge is 0.481 e. The highest BCUT2D eigenvalue weighted by molar-refractivity contribution is 9.10. The SMILES string of the molecule is CCCCCCCCC=CCCCCCCC(C(=O)O)C1(O)CNc2ccc(Br)c(Cl)c21. The molecule has 180 valence electrons. The molecule has 1 aliphatic heterocycles. The van der Waals surface area contributed by atoms with Crippen molar-refractivity contribution in [1.82, 2.24) is 0 Å². The molecule has 0 fully saturated rings. The fraction of sp³-hybridized carbons (Fsp3) is 0.654. The summed E-state index contributed by atoms with van der Waals surface area (Å²) in [5, 5.41) is 24.7. The lowest BCUT2D eigenvalue weighted by molar-refractivity contribution is -0.152. The molecular weight excluding hydrogens is 490 g/mol. The van der Waals surface area contributed by atoms with Gasteiger partial charge in [-0.1, -0.05) is 82.0 Å². The molecule has 1 heterocycles. The highest BCUT2D eigenvalue weighted by atomic mass is 79.9. The molecule has 2 unspecified atom stereocenters. The van der Waals surface area contributed by atoms with E-state index in [9.17, 15) is 15.0 Å². The summed E-state index contributed by atoms with van der Waals surface area (Å²) in [7, 11) is 0. The van der Waals surface area contributed by atoms with Gasteiger partial charge in [-0.05, 0) is 60.2 Å². The third-order valence-electron chi connectivity index (χ3n) is 6.46. The maximum absolute atomic E-state index is 12.0. The number of aliphatic carboxylic acids is 1. The van der Waals surface area contributed by atoms with Gasteiger partial charge in [0.2, 0.25) is 0 Å². The first-order valence-corrected chi connectivity index (χ1v) is 13.4. The van der Waals surface area contributed by atoms with Gasteiger partial charge in [-0.2, -0.15) is 0 Å². The summed E-state index contributed by atoms with van der Waals surface area (Å²) in [4.78, 5) is 12.0. The van der Waals surface area contributed by atoms with Crippen LogP contribution in [0, 0.1) is 5.92 Å². The third kappa shape index (κ3) is 7.78. The Bertz CT molecular complexity index is 755. The Labute approximate surface area is 207 Å². The number of anilines is 1. The van der Waals surface area contributed by atoms with E-state index in [1.165, 1.54) is 44.9 Å². The molecule has 0 aliphatic carbocycles. The van der Waals surface area contributed by atoms with Crippen LogP contribution in [-0.4, -0.2) is 22.7 Å². The second kappa shape index (κ2) is 14.3. The molecule has 0 saturated heterocycles. The van der Waals surface area contributed by atoms with Crippen LogP contribution in [0.4, 0.5) is 5.69 Å². The van der Waals surface area contributed by atoms with E-state index in [0.717, 1.165) is 32.1 Å². The molecular formula is C26H39BrClNO3. The average molecular weight is 529 g/mol. The van der Waals surface area contributed by atoms with Crippen molar-refractivity contribution in [2.24, 2.45) is 5.92 Å². The minimum absolute atomic E-state index is 0.166. The third-order valence-corrected chi connectivity index (χ3v) is 7.74.